The van der Waals surface area contributed by atoms with Crippen molar-refractivity contribution < 1.29 is 5.11 Å². The number of rotatable bonds is 4. The number of aryl methyl sites for hydroxylation is 2. The molecule has 0 amide bonds. The summed E-state index contributed by atoms with van der Waals surface area (Å²) in [6.45, 7) is 11.2. The highest BCUT2D eigenvalue weighted by molar-refractivity contribution is 5.42. The molecule has 1 aliphatic carbocycles. The van der Waals surface area contributed by atoms with E-state index in [4.69, 9.17) is 0 Å². The van der Waals surface area contributed by atoms with Crippen LogP contribution in [0.5, 0.6) is 0 Å². The van der Waals surface area contributed by atoms with Gasteiger partial charge in [-0.2, -0.15) is 0 Å². The maximum atomic E-state index is 9.67. The molecule has 1 aliphatic rings. The second-order valence-electron chi connectivity index (χ2n) is 6.95. The summed E-state index contributed by atoms with van der Waals surface area (Å²) in [5.41, 5.74) is 5.40. The number of hydrogen-bond acceptors (Lipinski definition) is 2. The van der Waals surface area contributed by atoms with E-state index in [2.05, 4.69) is 52.1 Å². The van der Waals surface area contributed by atoms with Crippen molar-refractivity contribution >= 4 is 0 Å². The molecule has 0 aromatic heterocycles. The van der Waals surface area contributed by atoms with Gasteiger partial charge in [-0.3, -0.25) is 0 Å². The molecule has 2 nitrogen and oxygen atoms in total. The van der Waals surface area contributed by atoms with Gasteiger partial charge in [-0.25, -0.2) is 0 Å². The van der Waals surface area contributed by atoms with Crippen molar-refractivity contribution in [2.24, 2.45) is 0 Å². The lowest BCUT2D eigenvalue weighted by atomic mass is 9.82. The lowest BCUT2D eigenvalue weighted by Gasteiger charge is -2.26. The van der Waals surface area contributed by atoms with E-state index < -0.39 is 0 Å². The molecular weight excluding hydrogens is 234 g/mol. The molecule has 1 saturated carbocycles. The van der Waals surface area contributed by atoms with Crippen LogP contribution in [0.15, 0.2) is 12.1 Å². The first-order valence-electron chi connectivity index (χ1n) is 7.31. The third-order valence-corrected chi connectivity index (χ3v) is 4.00. The number of benzene rings is 1. The van der Waals surface area contributed by atoms with Crippen molar-refractivity contribution in [3.8, 4) is 0 Å². The summed E-state index contributed by atoms with van der Waals surface area (Å²) in [5.74, 6) is 0. The Kier molecular flexibility index (Phi) is 4.03. The minimum absolute atomic E-state index is 0.0847. The van der Waals surface area contributed by atoms with Gasteiger partial charge in [0.25, 0.3) is 0 Å². The van der Waals surface area contributed by atoms with Crippen LogP contribution in [-0.2, 0) is 5.41 Å². The Hall–Kier alpha value is -0.860. The molecule has 1 unspecified atom stereocenters. The predicted octanol–water partition coefficient (Wildman–Crippen LogP) is 3.39. The van der Waals surface area contributed by atoms with Crippen molar-refractivity contribution in [2.45, 2.75) is 65.0 Å². The zero-order valence-corrected chi connectivity index (χ0v) is 12.9. The molecule has 0 heterocycles. The lowest BCUT2D eigenvalue weighted by Crippen LogP contribution is -2.28. The molecule has 0 aliphatic heterocycles. The molecule has 0 spiro atoms. The fourth-order valence-electron chi connectivity index (χ4n) is 2.72. The average Bonchev–Trinajstić information content (AvgIpc) is 3.09. The number of aliphatic hydroxyl groups is 1. The molecule has 2 rings (SSSR count). The topological polar surface area (TPSA) is 32.3 Å². The van der Waals surface area contributed by atoms with Crippen LogP contribution < -0.4 is 5.32 Å². The Balaban J connectivity index is 2.34. The Labute approximate surface area is 117 Å². The number of hydrogen-bond donors (Lipinski definition) is 2. The molecule has 1 fully saturated rings. The molecule has 0 bridgehead atoms. The maximum absolute atomic E-state index is 9.67. The molecule has 0 saturated heterocycles. The molecule has 106 valence electrons. The van der Waals surface area contributed by atoms with Crippen molar-refractivity contribution in [3.63, 3.8) is 0 Å². The van der Waals surface area contributed by atoms with Crippen molar-refractivity contribution in [3.05, 3.63) is 34.4 Å². The summed E-state index contributed by atoms with van der Waals surface area (Å²) in [5, 5.41) is 13.2. The third kappa shape index (κ3) is 3.37. The first-order valence-corrected chi connectivity index (χ1v) is 7.31. The van der Waals surface area contributed by atoms with E-state index in [-0.39, 0.29) is 18.1 Å². The minimum Gasteiger partial charge on any atom is -0.394 e. The largest absolute Gasteiger partial charge is 0.394 e. The standard InChI is InChI=1S/C17H27NO/c1-11-8-13(17(3,4)5)9-12(2)16(11)15(10-19)18-14-6-7-14/h8-9,14-15,18-19H,6-7,10H2,1-5H3. The van der Waals surface area contributed by atoms with Crippen LogP contribution in [-0.4, -0.2) is 17.8 Å². The molecule has 2 N–H and O–H groups in total. The number of aliphatic hydroxyl groups excluding tert-OH is 1. The van der Waals surface area contributed by atoms with Crippen LogP contribution in [0.2, 0.25) is 0 Å². The van der Waals surface area contributed by atoms with Gasteiger partial charge in [0.1, 0.15) is 0 Å². The molecule has 2 heteroatoms. The van der Waals surface area contributed by atoms with Gasteiger partial charge in [0.15, 0.2) is 0 Å². The van der Waals surface area contributed by atoms with E-state index in [9.17, 15) is 5.11 Å². The van der Waals surface area contributed by atoms with Crippen molar-refractivity contribution in [2.75, 3.05) is 6.61 Å². The summed E-state index contributed by atoms with van der Waals surface area (Å²) in [7, 11) is 0. The van der Waals surface area contributed by atoms with Gasteiger partial charge in [-0.15, -0.1) is 0 Å². The average molecular weight is 261 g/mol. The Morgan fingerprint density at radius 1 is 1.21 bits per heavy atom. The van der Waals surface area contributed by atoms with Gasteiger partial charge < -0.3 is 10.4 Å². The van der Waals surface area contributed by atoms with Crippen LogP contribution in [0.25, 0.3) is 0 Å². The summed E-state index contributed by atoms with van der Waals surface area (Å²) >= 11 is 0. The van der Waals surface area contributed by atoms with Gasteiger partial charge in [0.2, 0.25) is 0 Å². The molecule has 1 aromatic rings. The van der Waals surface area contributed by atoms with Gasteiger partial charge in [-0.1, -0.05) is 32.9 Å². The molecule has 1 aromatic carbocycles. The van der Waals surface area contributed by atoms with E-state index in [1.165, 1.54) is 35.1 Å². The van der Waals surface area contributed by atoms with Gasteiger partial charge >= 0.3 is 0 Å². The predicted molar refractivity (Wildman–Crippen MR) is 80.6 cm³/mol. The Morgan fingerprint density at radius 3 is 2.11 bits per heavy atom. The summed E-state index contributed by atoms with van der Waals surface area (Å²) in [6.07, 6.45) is 2.49. The quantitative estimate of drug-likeness (QED) is 0.871. The highest BCUT2D eigenvalue weighted by Gasteiger charge is 2.27. The summed E-state index contributed by atoms with van der Waals surface area (Å²) in [4.78, 5) is 0. The van der Waals surface area contributed by atoms with Gasteiger partial charge in [0, 0.05) is 6.04 Å². The fourth-order valence-corrected chi connectivity index (χ4v) is 2.72. The molecular formula is C17H27NO. The van der Waals surface area contributed by atoms with E-state index in [1.807, 2.05) is 0 Å². The van der Waals surface area contributed by atoms with Crippen molar-refractivity contribution in [1.29, 1.82) is 0 Å². The lowest BCUT2D eigenvalue weighted by molar-refractivity contribution is 0.242. The second-order valence-corrected chi connectivity index (χ2v) is 6.95. The van der Waals surface area contributed by atoms with E-state index in [0.717, 1.165) is 0 Å². The van der Waals surface area contributed by atoms with Crippen LogP contribution in [0.1, 0.15) is 61.9 Å². The van der Waals surface area contributed by atoms with Gasteiger partial charge in [0.05, 0.1) is 12.6 Å². The van der Waals surface area contributed by atoms with Crippen LogP contribution in [0.3, 0.4) is 0 Å². The van der Waals surface area contributed by atoms with Crippen molar-refractivity contribution in [1.82, 2.24) is 5.32 Å². The zero-order valence-electron chi connectivity index (χ0n) is 12.9. The summed E-state index contributed by atoms with van der Waals surface area (Å²) in [6, 6.07) is 5.25. The Morgan fingerprint density at radius 2 is 1.74 bits per heavy atom. The molecule has 19 heavy (non-hydrogen) atoms. The smallest absolute Gasteiger partial charge is 0.0626 e. The SMILES string of the molecule is Cc1cc(C(C)(C)C)cc(C)c1C(CO)NC1CC1. The second kappa shape index (κ2) is 5.26. The monoisotopic (exact) mass is 261 g/mol. The zero-order chi connectivity index (χ0) is 14.2. The van der Waals surface area contributed by atoms with Crippen LogP contribution in [0, 0.1) is 13.8 Å². The van der Waals surface area contributed by atoms with E-state index in [1.54, 1.807) is 0 Å². The summed E-state index contributed by atoms with van der Waals surface area (Å²) < 4.78 is 0. The maximum Gasteiger partial charge on any atom is 0.0626 e. The first kappa shape index (κ1) is 14.5. The Bertz CT molecular complexity index is 432. The van der Waals surface area contributed by atoms with Gasteiger partial charge in [-0.05, 0) is 54.4 Å². The third-order valence-electron chi connectivity index (χ3n) is 4.00. The van der Waals surface area contributed by atoms with Crippen LogP contribution >= 0.6 is 0 Å². The highest BCUT2D eigenvalue weighted by atomic mass is 16.3. The normalized spacial score (nSPS) is 17.6. The van der Waals surface area contributed by atoms with Crippen LogP contribution in [0.4, 0.5) is 0 Å². The molecule has 1 atom stereocenters. The fraction of sp³-hybridized carbons (Fsp3) is 0.647. The van der Waals surface area contributed by atoms with E-state index in [0.29, 0.717) is 6.04 Å². The number of nitrogens with one attached hydrogen (secondary N) is 1. The highest BCUT2D eigenvalue weighted by Crippen LogP contribution is 2.31. The first-order chi connectivity index (χ1) is 8.82. The van der Waals surface area contributed by atoms with E-state index >= 15 is 0 Å². The minimum atomic E-state index is 0.0847. The molecule has 0 radical (unpaired) electrons.